The number of nitrogens with zero attached hydrogens (tertiary/aromatic N) is 1. The van der Waals surface area contributed by atoms with E-state index in [9.17, 15) is 14.0 Å². The van der Waals surface area contributed by atoms with Crippen molar-refractivity contribution in [1.82, 2.24) is 4.57 Å². The maximum absolute atomic E-state index is 13.7. The SMILES string of the molecule is COCCn1cc(C(=O)Nc2cc(C)ccc2F)c(=O)cc1C. The van der Waals surface area contributed by atoms with Crippen LogP contribution in [0.2, 0.25) is 0 Å². The Morgan fingerprint density at radius 3 is 2.74 bits per heavy atom. The van der Waals surface area contributed by atoms with E-state index in [4.69, 9.17) is 4.74 Å². The molecule has 1 aromatic heterocycles. The molecule has 0 saturated carbocycles. The number of hydrogen-bond donors (Lipinski definition) is 1. The summed E-state index contributed by atoms with van der Waals surface area (Å²) in [6.07, 6.45) is 1.47. The molecule has 6 heteroatoms. The van der Waals surface area contributed by atoms with Gasteiger partial charge in [0.1, 0.15) is 11.4 Å². The van der Waals surface area contributed by atoms with Crippen molar-refractivity contribution in [1.29, 1.82) is 0 Å². The van der Waals surface area contributed by atoms with E-state index in [1.54, 1.807) is 31.6 Å². The minimum atomic E-state index is -0.634. The quantitative estimate of drug-likeness (QED) is 0.921. The number of aryl methyl sites for hydroxylation is 2. The summed E-state index contributed by atoms with van der Waals surface area (Å²) in [6, 6.07) is 5.79. The van der Waals surface area contributed by atoms with Crippen LogP contribution in [0.4, 0.5) is 10.1 Å². The van der Waals surface area contributed by atoms with E-state index in [0.29, 0.717) is 13.2 Å². The van der Waals surface area contributed by atoms with Gasteiger partial charge in [0.2, 0.25) is 0 Å². The molecular weight excluding hydrogens is 299 g/mol. The van der Waals surface area contributed by atoms with Gasteiger partial charge in [-0.3, -0.25) is 9.59 Å². The first-order chi connectivity index (χ1) is 10.9. The van der Waals surface area contributed by atoms with Crippen molar-refractivity contribution in [2.45, 2.75) is 20.4 Å². The van der Waals surface area contributed by atoms with E-state index in [-0.39, 0.29) is 11.3 Å². The maximum Gasteiger partial charge on any atom is 0.261 e. The Labute approximate surface area is 133 Å². The molecule has 0 bridgehead atoms. The summed E-state index contributed by atoms with van der Waals surface area (Å²) in [4.78, 5) is 24.4. The molecule has 122 valence electrons. The second kappa shape index (κ2) is 7.19. The largest absolute Gasteiger partial charge is 0.383 e. The number of anilines is 1. The highest BCUT2D eigenvalue weighted by Gasteiger charge is 2.14. The van der Waals surface area contributed by atoms with Crippen LogP contribution < -0.4 is 10.7 Å². The smallest absolute Gasteiger partial charge is 0.261 e. The van der Waals surface area contributed by atoms with Crippen molar-refractivity contribution in [3.8, 4) is 0 Å². The first-order valence-electron chi connectivity index (χ1n) is 7.20. The lowest BCUT2D eigenvalue weighted by Gasteiger charge is -2.12. The first kappa shape index (κ1) is 16.9. The van der Waals surface area contributed by atoms with Crippen molar-refractivity contribution in [2.75, 3.05) is 19.0 Å². The van der Waals surface area contributed by atoms with Gasteiger partial charge in [-0.15, -0.1) is 0 Å². The summed E-state index contributed by atoms with van der Waals surface area (Å²) in [5.74, 6) is -1.18. The van der Waals surface area contributed by atoms with Crippen molar-refractivity contribution >= 4 is 11.6 Å². The van der Waals surface area contributed by atoms with Gasteiger partial charge < -0.3 is 14.6 Å². The van der Waals surface area contributed by atoms with Gasteiger partial charge in [0.15, 0.2) is 5.43 Å². The van der Waals surface area contributed by atoms with E-state index in [1.807, 2.05) is 0 Å². The summed E-state index contributed by atoms with van der Waals surface area (Å²) in [5, 5.41) is 2.45. The Morgan fingerprint density at radius 2 is 2.04 bits per heavy atom. The molecule has 0 radical (unpaired) electrons. The average molecular weight is 318 g/mol. The van der Waals surface area contributed by atoms with Crippen molar-refractivity contribution < 1.29 is 13.9 Å². The van der Waals surface area contributed by atoms with E-state index < -0.39 is 17.2 Å². The molecule has 0 fully saturated rings. The van der Waals surface area contributed by atoms with E-state index >= 15 is 0 Å². The van der Waals surface area contributed by atoms with Crippen LogP contribution in [-0.2, 0) is 11.3 Å². The molecule has 0 spiro atoms. The van der Waals surface area contributed by atoms with Crippen LogP contribution in [0.3, 0.4) is 0 Å². The monoisotopic (exact) mass is 318 g/mol. The minimum Gasteiger partial charge on any atom is -0.383 e. The number of benzene rings is 1. The van der Waals surface area contributed by atoms with Gasteiger partial charge in [0.05, 0.1) is 12.3 Å². The molecule has 0 aliphatic carbocycles. The number of amides is 1. The third-order valence-corrected chi connectivity index (χ3v) is 3.49. The summed E-state index contributed by atoms with van der Waals surface area (Å²) < 4.78 is 20.5. The van der Waals surface area contributed by atoms with E-state index in [1.165, 1.54) is 24.4 Å². The number of ether oxygens (including phenoxy) is 1. The molecular formula is C17H19FN2O3. The molecule has 1 N–H and O–H groups in total. The maximum atomic E-state index is 13.7. The average Bonchev–Trinajstić information content (AvgIpc) is 2.50. The van der Waals surface area contributed by atoms with Gasteiger partial charge in [0.25, 0.3) is 5.91 Å². The summed E-state index contributed by atoms with van der Waals surface area (Å²) in [5.41, 5.74) is 1.15. The zero-order valence-electron chi connectivity index (χ0n) is 13.4. The van der Waals surface area contributed by atoms with E-state index in [0.717, 1.165) is 11.3 Å². The van der Waals surface area contributed by atoms with Gasteiger partial charge in [0, 0.05) is 31.6 Å². The van der Waals surface area contributed by atoms with Crippen LogP contribution in [-0.4, -0.2) is 24.2 Å². The molecule has 0 atom stereocenters. The predicted molar refractivity (Wildman–Crippen MR) is 86.4 cm³/mol. The summed E-state index contributed by atoms with van der Waals surface area (Å²) in [6.45, 7) is 4.54. The number of rotatable bonds is 5. The van der Waals surface area contributed by atoms with Gasteiger partial charge in [-0.25, -0.2) is 4.39 Å². The highest BCUT2D eigenvalue weighted by Crippen LogP contribution is 2.16. The van der Waals surface area contributed by atoms with Crippen molar-refractivity contribution in [3.05, 3.63) is 63.3 Å². The van der Waals surface area contributed by atoms with Crippen LogP contribution in [0.25, 0.3) is 0 Å². The van der Waals surface area contributed by atoms with Crippen LogP contribution in [0, 0.1) is 19.7 Å². The molecule has 5 nitrogen and oxygen atoms in total. The Kier molecular flexibility index (Phi) is 5.28. The zero-order chi connectivity index (χ0) is 17.0. The highest BCUT2D eigenvalue weighted by molar-refractivity contribution is 6.04. The van der Waals surface area contributed by atoms with Crippen LogP contribution >= 0.6 is 0 Å². The molecule has 0 aliphatic rings. The Bertz CT molecular complexity index is 784. The van der Waals surface area contributed by atoms with Gasteiger partial charge in [-0.2, -0.15) is 0 Å². The molecule has 1 aromatic carbocycles. The van der Waals surface area contributed by atoms with Gasteiger partial charge in [-0.1, -0.05) is 6.07 Å². The number of hydrogen-bond acceptors (Lipinski definition) is 3. The molecule has 0 unspecified atom stereocenters. The lowest BCUT2D eigenvalue weighted by atomic mass is 10.2. The fourth-order valence-electron chi connectivity index (χ4n) is 2.20. The van der Waals surface area contributed by atoms with Gasteiger partial charge >= 0.3 is 0 Å². The number of nitrogens with one attached hydrogen (secondary N) is 1. The second-order valence-electron chi connectivity index (χ2n) is 5.32. The van der Waals surface area contributed by atoms with Crippen LogP contribution in [0.15, 0.2) is 35.3 Å². The Hall–Kier alpha value is -2.47. The number of pyridine rings is 1. The Morgan fingerprint density at radius 1 is 1.30 bits per heavy atom. The molecule has 2 aromatic rings. The molecule has 2 rings (SSSR count). The standard InChI is InChI=1S/C17H19FN2O3/c1-11-4-5-14(18)15(8-11)19-17(22)13-10-20(6-7-23-3)12(2)9-16(13)21/h4-5,8-10H,6-7H2,1-3H3,(H,19,22). The number of carbonyl (C=O) groups is 1. The van der Waals surface area contributed by atoms with Crippen molar-refractivity contribution in [2.24, 2.45) is 0 Å². The molecule has 0 saturated heterocycles. The lowest BCUT2D eigenvalue weighted by Crippen LogP contribution is -2.24. The van der Waals surface area contributed by atoms with Gasteiger partial charge in [-0.05, 0) is 31.5 Å². The summed E-state index contributed by atoms with van der Waals surface area (Å²) >= 11 is 0. The minimum absolute atomic E-state index is 0.0346. The Balaban J connectivity index is 2.31. The molecule has 23 heavy (non-hydrogen) atoms. The number of methoxy groups -OCH3 is 1. The predicted octanol–water partition coefficient (Wildman–Crippen LogP) is 2.50. The second-order valence-corrected chi connectivity index (χ2v) is 5.32. The molecule has 1 amide bonds. The number of aromatic nitrogens is 1. The molecule has 1 heterocycles. The lowest BCUT2D eigenvalue weighted by molar-refractivity contribution is 0.102. The van der Waals surface area contributed by atoms with Crippen LogP contribution in [0.5, 0.6) is 0 Å². The zero-order valence-corrected chi connectivity index (χ0v) is 13.4. The molecule has 0 aliphatic heterocycles. The van der Waals surface area contributed by atoms with Crippen molar-refractivity contribution in [3.63, 3.8) is 0 Å². The van der Waals surface area contributed by atoms with Crippen LogP contribution in [0.1, 0.15) is 21.6 Å². The number of halogens is 1. The fraction of sp³-hybridized carbons (Fsp3) is 0.294. The third-order valence-electron chi connectivity index (χ3n) is 3.49. The summed E-state index contributed by atoms with van der Waals surface area (Å²) in [7, 11) is 1.58. The number of carbonyl (C=O) groups excluding carboxylic acids is 1. The highest BCUT2D eigenvalue weighted by atomic mass is 19.1. The first-order valence-corrected chi connectivity index (χ1v) is 7.20. The third kappa shape index (κ3) is 4.04. The fourth-order valence-corrected chi connectivity index (χ4v) is 2.20. The van der Waals surface area contributed by atoms with E-state index in [2.05, 4.69) is 5.32 Å². The topological polar surface area (TPSA) is 60.3 Å². The normalized spacial score (nSPS) is 10.6.